The Balaban J connectivity index is 2.31. The second kappa shape index (κ2) is 6.63. The normalized spacial score (nSPS) is 22.8. The lowest BCUT2D eigenvalue weighted by atomic mass is 10.3. The van der Waals surface area contributed by atoms with Crippen molar-refractivity contribution in [1.82, 2.24) is 9.44 Å². The van der Waals surface area contributed by atoms with Gasteiger partial charge in [0.25, 0.3) is 0 Å². The largest absolute Gasteiger partial charge is 0.381 e. The van der Waals surface area contributed by atoms with E-state index in [-0.39, 0.29) is 21.9 Å². The predicted octanol–water partition coefficient (Wildman–Crippen LogP) is 0.440. The number of methoxy groups -OCH3 is 1. The molecule has 2 rings (SSSR count). The van der Waals surface area contributed by atoms with Crippen molar-refractivity contribution in [3.63, 3.8) is 0 Å². The summed E-state index contributed by atoms with van der Waals surface area (Å²) in [6.45, 7) is 0. The number of hydrogen-bond acceptors (Lipinski definition) is 5. The van der Waals surface area contributed by atoms with Crippen LogP contribution in [-0.2, 0) is 24.8 Å². The minimum Gasteiger partial charge on any atom is -0.381 e. The SMILES string of the molecule is CNS(=O)(=O)c1ccccc1S(=O)(=O)N[C@H]1CC[C@H](OC)C1. The standard InChI is InChI=1S/C13H20N2O5S2/c1-14-21(16,17)12-5-3-4-6-13(12)22(18,19)15-10-7-8-11(9-10)20-2/h3-6,10-11,14-15H,7-9H2,1-2H3/t10-,11-/m0/s1. The maximum Gasteiger partial charge on any atom is 0.242 e. The molecule has 1 aromatic rings. The van der Waals surface area contributed by atoms with E-state index in [0.717, 1.165) is 6.42 Å². The molecule has 22 heavy (non-hydrogen) atoms. The molecule has 0 amide bonds. The second-order valence-electron chi connectivity index (χ2n) is 5.14. The summed E-state index contributed by atoms with van der Waals surface area (Å²) in [7, 11) is -4.94. The zero-order chi connectivity index (χ0) is 16.4. The Hall–Kier alpha value is -1.00. The number of nitrogens with one attached hydrogen (secondary N) is 2. The van der Waals surface area contributed by atoms with Gasteiger partial charge in [-0.15, -0.1) is 0 Å². The van der Waals surface area contributed by atoms with Crippen molar-refractivity contribution < 1.29 is 21.6 Å². The van der Waals surface area contributed by atoms with Crippen LogP contribution in [0.2, 0.25) is 0 Å². The van der Waals surface area contributed by atoms with Gasteiger partial charge < -0.3 is 4.74 Å². The topological polar surface area (TPSA) is 102 Å². The molecule has 1 aliphatic rings. The maximum absolute atomic E-state index is 12.5. The summed E-state index contributed by atoms with van der Waals surface area (Å²) in [5.74, 6) is 0. The molecule has 1 fully saturated rings. The molecule has 2 atom stereocenters. The van der Waals surface area contributed by atoms with E-state index in [4.69, 9.17) is 4.74 Å². The van der Waals surface area contributed by atoms with Crippen LogP contribution in [-0.4, -0.2) is 43.1 Å². The Morgan fingerprint density at radius 3 is 2.14 bits per heavy atom. The predicted molar refractivity (Wildman–Crippen MR) is 81.4 cm³/mol. The molecule has 0 spiro atoms. The van der Waals surface area contributed by atoms with Crippen molar-refractivity contribution in [2.45, 2.75) is 41.2 Å². The maximum atomic E-state index is 12.5. The molecule has 0 aromatic heterocycles. The summed E-state index contributed by atoms with van der Waals surface area (Å²) in [6, 6.07) is 5.29. The fraction of sp³-hybridized carbons (Fsp3) is 0.538. The van der Waals surface area contributed by atoms with Gasteiger partial charge in [0.05, 0.1) is 6.10 Å². The van der Waals surface area contributed by atoms with Crippen LogP contribution >= 0.6 is 0 Å². The summed E-state index contributed by atoms with van der Waals surface area (Å²) >= 11 is 0. The Labute approximate surface area is 131 Å². The molecular weight excluding hydrogens is 328 g/mol. The van der Waals surface area contributed by atoms with Crippen LogP contribution in [0.25, 0.3) is 0 Å². The highest BCUT2D eigenvalue weighted by Crippen LogP contribution is 2.25. The molecule has 0 aliphatic heterocycles. The average molecular weight is 348 g/mol. The summed E-state index contributed by atoms with van der Waals surface area (Å²) in [5.41, 5.74) is 0. The third-order valence-corrected chi connectivity index (χ3v) is 6.92. The molecule has 7 nitrogen and oxygen atoms in total. The molecule has 1 aromatic carbocycles. The lowest BCUT2D eigenvalue weighted by Gasteiger charge is -2.15. The molecule has 2 N–H and O–H groups in total. The lowest BCUT2D eigenvalue weighted by Crippen LogP contribution is -2.34. The van der Waals surface area contributed by atoms with Gasteiger partial charge in [0.1, 0.15) is 9.79 Å². The molecule has 1 saturated carbocycles. The summed E-state index contributed by atoms with van der Waals surface area (Å²) in [4.78, 5) is -0.503. The van der Waals surface area contributed by atoms with E-state index < -0.39 is 20.0 Å². The van der Waals surface area contributed by atoms with Gasteiger partial charge in [0, 0.05) is 13.2 Å². The van der Waals surface area contributed by atoms with Crippen LogP contribution in [0, 0.1) is 0 Å². The summed E-state index contributed by atoms with van der Waals surface area (Å²) < 4.78 is 58.9. The second-order valence-corrected chi connectivity index (χ2v) is 8.68. The highest BCUT2D eigenvalue weighted by Gasteiger charge is 2.31. The number of ether oxygens (including phenoxy) is 1. The zero-order valence-corrected chi connectivity index (χ0v) is 14.1. The first-order valence-corrected chi connectivity index (χ1v) is 9.84. The first-order valence-electron chi connectivity index (χ1n) is 6.88. The molecule has 1 aliphatic carbocycles. The van der Waals surface area contributed by atoms with Crippen molar-refractivity contribution in [2.75, 3.05) is 14.2 Å². The fourth-order valence-corrected chi connectivity index (χ4v) is 5.39. The lowest BCUT2D eigenvalue weighted by molar-refractivity contribution is 0.107. The van der Waals surface area contributed by atoms with E-state index in [1.807, 2.05) is 0 Å². The average Bonchev–Trinajstić information content (AvgIpc) is 2.94. The Bertz CT molecular complexity index is 731. The highest BCUT2D eigenvalue weighted by atomic mass is 32.2. The van der Waals surface area contributed by atoms with Gasteiger partial charge in [-0.3, -0.25) is 0 Å². The van der Waals surface area contributed by atoms with Crippen molar-refractivity contribution in [1.29, 1.82) is 0 Å². The minimum absolute atomic E-state index is 0.0315. The number of rotatable bonds is 6. The minimum atomic E-state index is -3.92. The summed E-state index contributed by atoms with van der Waals surface area (Å²) in [6.07, 6.45) is 2.05. The van der Waals surface area contributed by atoms with Crippen LogP contribution in [0.15, 0.2) is 34.1 Å². The fourth-order valence-electron chi connectivity index (χ4n) is 2.55. The van der Waals surface area contributed by atoms with Crippen molar-refractivity contribution in [3.8, 4) is 0 Å². The molecule has 0 radical (unpaired) electrons. The Morgan fingerprint density at radius 1 is 1.05 bits per heavy atom. The van der Waals surface area contributed by atoms with Crippen molar-refractivity contribution in [3.05, 3.63) is 24.3 Å². The summed E-state index contributed by atoms with van der Waals surface area (Å²) in [5, 5.41) is 0. The van der Waals surface area contributed by atoms with Crippen LogP contribution in [0.3, 0.4) is 0 Å². The molecular formula is C13H20N2O5S2. The van der Waals surface area contributed by atoms with Crippen LogP contribution in [0.5, 0.6) is 0 Å². The monoisotopic (exact) mass is 348 g/mol. The van der Waals surface area contributed by atoms with Gasteiger partial charge in [0.2, 0.25) is 20.0 Å². The van der Waals surface area contributed by atoms with Gasteiger partial charge >= 0.3 is 0 Å². The number of benzene rings is 1. The van der Waals surface area contributed by atoms with Gasteiger partial charge in [-0.25, -0.2) is 26.3 Å². The van der Waals surface area contributed by atoms with Crippen molar-refractivity contribution >= 4 is 20.0 Å². The Morgan fingerprint density at radius 2 is 1.64 bits per heavy atom. The third kappa shape index (κ3) is 3.66. The molecule has 0 saturated heterocycles. The molecule has 124 valence electrons. The van der Waals surface area contributed by atoms with E-state index >= 15 is 0 Å². The zero-order valence-electron chi connectivity index (χ0n) is 12.4. The van der Waals surface area contributed by atoms with Crippen molar-refractivity contribution in [2.24, 2.45) is 0 Å². The molecule has 0 unspecified atom stereocenters. The molecule has 0 heterocycles. The first-order chi connectivity index (χ1) is 10.3. The highest BCUT2D eigenvalue weighted by molar-refractivity contribution is 7.92. The number of sulfonamides is 2. The first kappa shape index (κ1) is 17.4. The van der Waals surface area contributed by atoms with E-state index in [1.165, 1.54) is 31.3 Å². The van der Waals surface area contributed by atoms with Crippen LogP contribution in [0.1, 0.15) is 19.3 Å². The van der Waals surface area contributed by atoms with E-state index in [1.54, 1.807) is 7.11 Å². The van der Waals surface area contributed by atoms with E-state index in [9.17, 15) is 16.8 Å². The van der Waals surface area contributed by atoms with Gasteiger partial charge in [0.15, 0.2) is 0 Å². The quantitative estimate of drug-likeness (QED) is 0.777. The van der Waals surface area contributed by atoms with Crippen LogP contribution in [0.4, 0.5) is 0 Å². The van der Waals surface area contributed by atoms with E-state index in [2.05, 4.69) is 9.44 Å². The van der Waals surface area contributed by atoms with E-state index in [0.29, 0.717) is 12.8 Å². The Kier molecular flexibility index (Phi) is 5.23. The van der Waals surface area contributed by atoms with Gasteiger partial charge in [-0.2, -0.15) is 0 Å². The third-order valence-electron chi connectivity index (χ3n) is 3.74. The van der Waals surface area contributed by atoms with Gasteiger partial charge in [-0.05, 0) is 38.4 Å². The molecule has 0 bridgehead atoms. The smallest absolute Gasteiger partial charge is 0.242 e. The number of hydrogen-bond donors (Lipinski definition) is 2. The van der Waals surface area contributed by atoms with Crippen LogP contribution < -0.4 is 9.44 Å². The molecule has 9 heteroatoms. The van der Waals surface area contributed by atoms with Gasteiger partial charge in [-0.1, -0.05) is 12.1 Å².